The van der Waals surface area contributed by atoms with Gasteiger partial charge in [-0.05, 0) is 44.4 Å². The lowest BCUT2D eigenvalue weighted by Crippen LogP contribution is -2.56. The number of hydrogen-bond donors (Lipinski definition) is 1. The highest BCUT2D eigenvalue weighted by atomic mass is 32.2. The largest absolute Gasteiger partial charge is 0.338 e. The Hall–Kier alpha value is -2.42. The van der Waals surface area contributed by atoms with Crippen LogP contribution in [0.15, 0.2) is 24.3 Å². The quantitative estimate of drug-likeness (QED) is 0.755. The van der Waals surface area contributed by atoms with Crippen LogP contribution in [0.3, 0.4) is 0 Å². The molecule has 1 spiro atoms. The third-order valence-electron chi connectivity index (χ3n) is 5.24. The van der Waals surface area contributed by atoms with E-state index in [1.165, 1.54) is 11.2 Å². The fraction of sp³-hybridized carbons (Fsp3) is 0.526. The Morgan fingerprint density at radius 2 is 1.71 bits per heavy atom. The molecule has 0 saturated carbocycles. The van der Waals surface area contributed by atoms with Gasteiger partial charge in [0.15, 0.2) is 9.84 Å². The number of piperidine rings is 1. The topological polar surface area (TPSA) is 104 Å². The molecule has 9 heteroatoms. The molecular formula is C19H25N3O5S. The van der Waals surface area contributed by atoms with E-state index in [2.05, 4.69) is 5.32 Å². The van der Waals surface area contributed by atoms with Gasteiger partial charge in [0.1, 0.15) is 5.54 Å². The highest BCUT2D eigenvalue weighted by molar-refractivity contribution is 7.89. The molecule has 3 rings (SSSR count). The predicted octanol–water partition coefficient (Wildman–Crippen LogP) is 1.17. The van der Waals surface area contributed by atoms with Crippen LogP contribution in [0.4, 0.5) is 4.79 Å². The molecule has 2 heterocycles. The molecular weight excluding hydrogens is 382 g/mol. The number of benzene rings is 1. The minimum absolute atomic E-state index is 0.0676. The summed E-state index contributed by atoms with van der Waals surface area (Å²) in [5.41, 5.74) is 0.181. The first kappa shape index (κ1) is 20.3. The second-order valence-corrected chi connectivity index (χ2v) is 9.98. The average molecular weight is 407 g/mol. The zero-order valence-corrected chi connectivity index (χ0v) is 17.1. The van der Waals surface area contributed by atoms with Crippen LogP contribution in [0, 0.1) is 0 Å². The third kappa shape index (κ3) is 3.89. The molecule has 0 radical (unpaired) electrons. The first-order valence-electron chi connectivity index (χ1n) is 9.24. The number of amides is 4. The van der Waals surface area contributed by atoms with E-state index in [1.54, 1.807) is 43.0 Å². The van der Waals surface area contributed by atoms with Crippen molar-refractivity contribution < 1.29 is 22.8 Å². The van der Waals surface area contributed by atoms with E-state index in [0.29, 0.717) is 37.1 Å². The number of imide groups is 1. The number of carbonyl (C=O) groups is 3. The monoisotopic (exact) mass is 407 g/mol. The van der Waals surface area contributed by atoms with Gasteiger partial charge in [0.2, 0.25) is 0 Å². The van der Waals surface area contributed by atoms with Crippen molar-refractivity contribution in [2.24, 2.45) is 0 Å². The van der Waals surface area contributed by atoms with Gasteiger partial charge in [-0.15, -0.1) is 0 Å². The summed E-state index contributed by atoms with van der Waals surface area (Å²) >= 11 is 0. The fourth-order valence-corrected chi connectivity index (χ4v) is 4.57. The maximum atomic E-state index is 12.7. The molecule has 1 aromatic rings. The summed E-state index contributed by atoms with van der Waals surface area (Å²) in [6.07, 6.45) is 1.91. The molecule has 0 atom stereocenters. The molecule has 4 amide bonds. The van der Waals surface area contributed by atoms with Crippen LogP contribution in [0.25, 0.3) is 0 Å². The van der Waals surface area contributed by atoms with E-state index in [1.807, 2.05) is 0 Å². The van der Waals surface area contributed by atoms with Gasteiger partial charge < -0.3 is 10.2 Å². The molecule has 8 nitrogen and oxygen atoms in total. The molecule has 0 aliphatic carbocycles. The van der Waals surface area contributed by atoms with Gasteiger partial charge in [0, 0.05) is 31.0 Å². The number of sulfone groups is 1. The van der Waals surface area contributed by atoms with Crippen molar-refractivity contribution in [3.8, 4) is 0 Å². The molecule has 2 saturated heterocycles. The fourth-order valence-electron chi connectivity index (χ4n) is 3.77. The van der Waals surface area contributed by atoms with E-state index >= 15 is 0 Å². The Labute approximate surface area is 164 Å². The van der Waals surface area contributed by atoms with Gasteiger partial charge in [0.05, 0.1) is 5.75 Å². The maximum Gasteiger partial charge on any atom is 0.325 e. The van der Waals surface area contributed by atoms with Crippen LogP contribution in [-0.4, -0.2) is 67.0 Å². The van der Waals surface area contributed by atoms with Crippen LogP contribution in [0.1, 0.15) is 42.6 Å². The van der Waals surface area contributed by atoms with Crippen LogP contribution in [0.2, 0.25) is 0 Å². The summed E-state index contributed by atoms with van der Waals surface area (Å²) < 4.78 is 22.7. The summed E-state index contributed by atoms with van der Waals surface area (Å²) in [5.74, 6) is -0.454. The Morgan fingerprint density at radius 3 is 2.18 bits per heavy atom. The van der Waals surface area contributed by atoms with E-state index in [9.17, 15) is 22.8 Å². The predicted molar refractivity (Wildman–Crippen MR) is 103 cm³/mol. The number of carbonyl (C=O) groups excluding carboxylic acids is 3. The summed E-state index contributed by atoms with van der Waals surface area (Å²) in [5, 5.41) is 2.82. The summed E-state index contributed by atoms with van der Waals surface area (Å²) in [7, 11) is -3.13. The number of rotatable bonds is 4. The van der Waals surface area contributed by atoms with E-state index in [-0.39, 0.29) is 29.6 Å². The molecule has 0 aromatic heterocycles. The SMILES string of the molecule is CC(C)N1C(=O)NC2(CCN(C(=O)c3ccc(CS(C)(=O)=O)cc3)CC2)C1=O. The van der Waals surface area contributed by atoms with Gasteiger partial charge in [-0.25, -0.2) is 13.2 Å². The number of nitrogens with zero attached hydrogens (tertiary/aromatic N) is 2. The highest BCUT2D eigenvalue weighted by Gasteiger charge is 2.53. The summed E-state index contributed by atoms with van der Waals surface area (Å²) in [6, 6.07) is 5.94. The van der Waals surface area contributed by atoms with Crippen molar-refractivity contribution in [2.45, 2.75) is 44.0 Å². The Balaban J connectivity index is 1.66. The van der Waals surface area contributed by atoms with Crippen molar-refractivity contribution in [1.29, 1.82) is 0 Å². The van der Waals surface area contributed by atoms with E-state index in [4.69, 9.17) is 0 Å². The second-order valence-electron chi connectivity index (χ2n) is 7.84. The minimum Gasteiger partial charge on any atom is -0.338 e. The van der Waals surface area contributed by atoms with Gasteiger partial charge >= 0.3 is 6.03 Å². The van der Waals surface area contributed by atoms with Crippen LogP contribution >= 0.6 is 0 Å². The zero-order chi connectivity index (χ0) is 20.7. The van der Waals surface area contributed by atoms with E-state index in [0.717, 1.165) is 0 Å². The molecule has 2 aliphatic rings. The van der Waals surface area contributed by atoms with Gasteiger partial charge in [0.25, 0.3) is 11.8 Å². The third-order valence-corrected chi connectivity index (χ3v) is 6.10. The number of hydrogen-bond acceptors (Lipinski definition) is 5. The van der Waals surface area contributed by atoms with E-state index < -0.39 is 15.4 Å². The molecule has 2 aliphatic heterocycles. The molecule has 2 fully saturated rings. The standard InChI is InChI=1S/C19H25N3O5S/c1-13(2)22-17(24)19(20-18(22)25)8-10-21(11-9-19)16(23)15-6-4-14(5-7-15)12-28(3,26)27/h4-7,13H,8-12H2,1-3H3,(H,20,25). The lowest BCUT2D eigenvalue weighted by molar-refractivity contribution is -0.133. The zero-order valence-electron chi connectivity index (χ0n) is 16.3. The second kappa shape index (κ2) is 7.20. The molecule has 28 heavy (non-hydrogen) atoms. The summed E-state index contributed by atoms with van der Waals surface area (Å²) in [4.78, 5) is 40.5. The molecule has 0 bridgehead atoms. The lowest BCUT2D eigenvalue weighted by Gasteiger charge is -2.37. The van der Waals surface area contributed by atoms with Gasteiger partial charge in [-0.2, -0.15) is 0 Å². The van der Waals surface area contributed by atoms with Gasteiger partial charge in [-0.3, -0.25) is 14.5 Å². The van der Waals surface area contributed by atoms with Crippen molar-refractivity contribution in [2.75, 3.05) is 19.3 Å². The Bertz CT molecular complexity index is 900. The highest BCUT2D eigenvalue weighted by Crippen LogP contribution is 2.31. The van der Waals surface area contributed by atoms with Crippen molar-refractivity contribution in [3.05, 3.63) is 35.4 Å². The van der Waals surface area contributed by atoms with Crippen molar-refractivity contribution in [3.63, 3.8) is 0 Å². The van der Waals surface area contributed by atoms with Gasteiger partial charge in [-0.1, -0.05) is 12.1 Å². The molecule has 1 aromatic carbocycles. The molecule has 1 N–H and O–H groups in total. The summed E-state index contributed by atoms with van der Waals surface area (Å²) in [6.45, 7) is 4.31. The Morgan fingerprint density at radius 1 is 1.14 bits per heavy atom. The van der Waals surface area contributed by atoms with Crippen LogP contribution in [-0.2, 0) is 20.4 Å². The number of likely N-dealkylation sites (tertiary alicyclic amines) is 1. The normalized spacial score (nSPS) is 19.4. The van der Waals surface area contributed by atoms with Crippen LogP contribution < -0.4 is 5.32 Å². The minimum atomic E-state index is -3.13. The number of urea groups is 1. The maximum absolute atomic E-state index is 12.7. The average Bonchev–Trinajstić information content (AvgIpc) is 2.84. The first-order valence-corrected chi connectivity index (χ1v) is 11.3. The van der Waals surface area contributed by atoms with Crippen molar-refractivity contribution >= 4 is 27.7 Å². The molecule has 152 valence electrons. The van der Waals surface area contributed by atoms with Crippen LogP contribution in [0.5, 0.6) is 0 Å². The molecule has 0 unspecified atom stereocenters. The Kier molecular flexibility index (Phi) is 5.22. The smallest absolute Gasteiger partial charge is 0.325 e. The van der Waals surface area contributed by atoms with Crippen molar-refractivity contribution in [1.82, 2.24) is 15.1 Å². The first-order chi connectivity index (χ1) is 13.0. The number of nitrogens with one attached hydrogen (secondary N) is 1. The lowest BCUT2D eigenvalue weighted by atomic mass is 9.87.